The standard InChI is InChI=1S/C28H20ClN3O3S/c29-19-10-14-21(15-11-19)32-27(34)24-8-4-5-9-25(24)31-28(32)36-18-26(33)30-20-12-16-23(17-13-20)35-22-6-2-1-3-7-22/h1-17H,18H2,(H,30,33). The van der Waals surface area contributed by atoms with Crippen molar-refractivity contribution >= 4 is 45.9 Å². The molecule has 5 aromatic rings. The first-order valence-electron chi connectivity index (χ1n) is 11.1. The quantitative estimate of drug-likeness (QED) is 0.197. The molecule has 178 valence electrons. The fraction of sp³-hybridized carbons (Fsp3) is 0.0357. The van der Waals surface area contributed by atoms with Crippen LogP contribution in [0.5, 0.6) is 11.5 Å². The van der Waals surface area contributed by atoms with E-state index >= 15 is 0 Å². The Bertz CT molecular complexity index is 1570. The third-order valence-corrected chi connectivity index (χ3v) is 6.47. The Kier molecular flexibility index (Phi) is 7.02. The summed E-state index contributed by atoms with van der Waals surface area (Å²) in [6.45, 7) is 0. The van der Waals surface area contributed by atoms with Crippen LogP contribution in [0.3, 0.4) is 0 Å². The molecular formula is C28H20ClN3O3S. The zero-order valence-electron chi connectivity index (χ0n) is 18.9. The fourth-order valence-corrected chi connectivity index (χ4v) is 4.52. The normalized spacial score (nSPS) is 10.8. The Morgan fingerprint density at radius 2 is 1.53 bits per heavy atom. The zero-order chi connectivity index (χ0) is 24.9. The first-order valence-corrected chi connectivity index (χ1v) is 12.5. The van der Waals surface area contributed by atoms with Crippen LogP contribution < -0.4 is 15.6 Å². The van der Waals surface area contributed by atoms with Crippen molar-refractivity contribution in [2.45, 2.75) is 5.16 Å². The van der Waals surface area contributed by atoms with Crippen LogP contribution in [0.15, 0.2) is 113 Å². The van der Waals surface area contributed by atoms with Crippen LogP contribution in [0.4, 0.5) is 5.69 Å². The highest BCUT2D eigenvalue weighted by molar-refractivity contribution is 7.99. The summed E-state index contributed by atoms with van der Waals surface area (Å²) in [7, 11) is 0. The lowest BCUT2D eigenvalue weighted by atomic mass is 10.2. The average molecular weight is 514 g/mol. The van der Waals surface area contributed by atoms with Gasteiger partial charge < -0.3 is 10.1 Å². The molecule has 0 bridgehead atoms. The number of ether oxygens (including phenoxy) is 1. The van der Waals surface area contributed by atoms with Gasteiger partial charge in [-0.3, -0.25) is 14.2 Å². The monoisotopic (exact) mass is 513 g/mol. The van der Waals surface area contributed by atoms with Gasteiger partial charge in [-0.05, 0) is 72.8 Å². The summed E-state index contributed by atoms with van der Waals surface area (Å²) in [5, 5.41) is 4.36. The van der Waals surface area contributed by atoms with Gasteiger partial charge in [-0.25, -0.2) is 4.98 Å². The van der Waals surface area contributed by atoms with E-state index in [4.69, 9.17) is 16.3 Å². The van der Waals surface area contributed by atoms with Crippen LogP contribution in [0, 0.1) is 0 Å². The van der Waals surface area contributed by atoms with Crippen LogP contribution >= 0.6 is 23.4 Å². The molecule has 0 aliphatic carbocycles. The molecule has 1 aromatic heterocycles. The molecule has 1 heterocycles. The number of rotatable bonds is 7. The van der Waals surface area contributed by atoms with E-state index in [1.807, 2.05) is 36.4 Å². The van der Waals surface area contributed by atoms with Crippen LogP contribution in [0.25, 0.3) is 16.6 Å². The maximum absolute atomic E-state index is 13.3. The molecule has 5 rings (SSSR count). The zero-order valence-corrected chi connectivity index (χ0v) is 20.5. The Morgan fingerprint density at radius 1 is 0.861 bits per heavy atom. The molecule has 0 aliphatic rings. The molecule has 0 aliphatic heterocycles. The minimum Gasteiger partial charge on any atom is -0.457 e. The number of thioether (sulfide) groups is 1. The van der Waals surface area contributed by atoms with E-state index < -0.39 is 0 Å². The minimum absolute atomic E-state index is 0.0701. The lowest BCUT2D eigenvalue weighted by Crippen LogP contribution is -2.22. The molecular weight excluding hydrogens is 494 g/mol. The molecule has 6 nitrogen and oxygen atoms in total. The number of hydrogen-bond acceptors (Lipinski definition) is 5. The number of aromatic nitrogens is 2. The molecule has 1 N–H and O–H groups in total. The van der Waals surface area contributed by atoms with Crippen molar-refractivity contribution in [3.63, 3.8) is 0 Å². The molecule has 0 unspecified atom stereocenters. The van der Waals surface area contributed by atoms with Crippen molar-refractivity contribution in [1.82, 2.24) is 9.55 Å². The fourth-order valence-electron chi connectivity index (χ4n) is 3.59. The molecule has 0 radical (unpaired) electrons. The van der Waals surface area contributed by atoms with Crippen LogP contribution in [-0.4, -0.2) is 21.2 Å². The predicted molar refractivity (Wildman–Crippen MR) is 145 cm³/mol. The molecule has 0 saturated heterocycles. The average Bonchev–Trinajstić information content (AvgIpc) is 2.90. The summed E-state index contributed by atoms with van der Waals surface area (Å²) in [4.78, 5) is 30.7. The van der Waals surface area contributed by atoms with Crippen molar-refractivity contribution in [3.8, 4) is 17.2 Å². The van der Waals surface area contributed by atoms with E-state index in [1.165, 1.54) is 16.3 Å². The number of anilines is 1. The van der Waals surface area contributed by atoms with E-state index in [9.17, 15) is 9.59 Å². The third kappa shape index (κ3) is 5.43. The number of benzene rings is 4. The second kappa shape index (κ2) is 10.7. The van der Waals surface area contributed by atoms with Gasteiger partial charge >= 0.3 is 0 Å². The van der Waals surface area contributed by atoms with Crippen LogP contribution in [0.1, 0.15) is 0 Å². The van der Waals surface area contributed by atoms with Gasteiger partial charge in [-0.1, -0.05) is 53.7 Å². The van der Waals surface area contributed by atoms with Gasteiger partial charge in [-0.15, -0.1) is 0 Å². The number of nitrogens with zero attached hydrogens (tertiary/aromatic N) is 2. The van der Waals surface area contributed by atoms with Crippen LogP contribution in [0.2, 0.25) is 5.02 Å². The lowest BCUT2D eigenvalue weighted by molar-refractivity contribution is -0.113. The summed E-state index contributed by atoms with van der Waals surface area (Å²) in [6.07, 6.45) is 0. The number of amides is 1. The molecule has 0 atom stereocenters. The van der Waals surface area contributed by atoms with E-state index in [1.54, 1.807) is 66.7 Å². The van der Waals surface area contributed by atoms with Gasteiger partial charge in [0.2, 0.25) is 5.91 Å². The van der Waals surface area contributed by atoms with Gasteiger partial charge in [-0.2, -0.15) is 0 Å². The lowest BCUT2D eigenvalue weighted by Gasteiger charge is -2.13. The summed E-state index contributed by atoms with van der Waals surface area (Å²) in [6, 6.07) is 30.7. The van der Waals surface area contributed by atoms with Gasteiger partial charge in [0, 0.05) is 10.7 Å². The summed E-state index contributed by atoms with van der Waals surface area (Å²) < 4.78 is 7.29. The Hall–Kier alpha value is -4.07. The Balaban J connectivity index is 1.32. The third-order valence-electron chi connectivity index (χ3n) is 5.28. The first-order chi connectivity index (χ1) is 17.6. The second-order valence-corrected chi connectivity index (χ2v) is 9.18. The first kappa shape index (κ1) is 23.7. The van der Waals surface area contributed by atoms with Crippen molar-refractivity contribution in [2.75, 3.05) is 11.1 Å². The Labute approximate surface area is 216 Å². The molecule has 4 aromatic carbocycles. The number of para-hydroxylation sites is 2. The molecule has 0 saturated carbocycles. The Morgan fingerprint density at radius 3 is 2.28 bits per heavy atom. The van der Waals surface area contributed by atoms with Crippen molar-refractivity contribution < 1.29 is 9.53 Å². The maximum atomic E-state index is 13.3. The SMILES string of the molecule is O=C(CSc1nc2ccccc2c(=O)n1-c1ccc(Cl)cc1)Nc1ccc(Oc2ccccc2)cc1. The molecule has 1 amide bonds. The summed E-state index contributed by atoms with van der Waals surface area (Å²) >= 11 is 7.22. The van der Waals surface area contributed by atoms with Crippen molar-refractivity contribution in [3.05, 3.63) is 119 Å². The number of carbonyl (C=O) groups is 1. The van der Waals surface area contributed by atoms with Gasteiger partial charge in [0.15, 0.2) is 5.16 Å². The largest absolute Gasteiger partial charge is 0.457 e. The highest BCUT2D eigenvalue weighted by Crippen LogP contribution is 2.24. The molecule has 8 heteroatoms. The van der Waals surface area contributed by atoms with E-state index in [-0.39, 0.29) is 17.2 Å². The van der Waals surface area contributed by atoms with Crippen LogP contribution in [-0.2, 0) is 4.79 Å². The van der Waals surface area contributed by atoms with E-state index in [0.717, 1.165) is 5.75 Å². The van der Waals surface area contributed by atoms with E-state index in [2.05, 4.69) is 10.3 Å². The van der Waals surface area contributed by atoms with Gasteiger partial charge in [0.05, 0.1) is 22.3 Å². The van der Waals surface area contributed by atoms with Gasteiger partial charge in [0.1, 0.15) is 11.5 Å². The maximum Gasteiger partial charge on any atom is 0.266 e. The highest BCUT2D eigenvalue weighted by atomic mass is 35.5. The minimum atomic E-state index is -0.221. The van der Waals surface area contributed by atoms with Crippen molar-refractivity contribution in [2.24, 2.45) is 0 Å². The molecule has 36 heavy (non-hydrogen) atoms. The number of fused-ring (bicyclic) bond motifs is 1. The molecule has 0 fully saturated rings. The number of nitrogens with one attached hydrogen (secondary N) is 1. The number of halogens is 1. The predicted octanol–water partition coefficient (Wildman–Crippen LogP) is 6.56. The summed E-state index contributed by atoms with van der Waals surface area (Å²) in [5.74, 6) is 1.25. The number of hydrogen-bond donors (Lipinski definition) is 1. The van der Waals surface area contributed by atoms with Gasteiger partial charge in [0.25, 0.3) is 5.56 Å². The number of carbonyl (C=O) groups excluding carboxylic acids is 1. The topological polar surface area (TPSA) is 73.2 Å². The molecule has 0 spiro atoms. The van der Waals surface area contributed by atoms with Crippen molar-refractivity contribution in [1.29, 1.82) is 0 Å². The highest BCUT2D eigenvalue weighted by Gasteiger charge is 2.15. The smallest absolute Gasteiger partial charge is 0.266 e. The van der Waals surface area contributed by atoms with E-state index in [0.29, 0.717) is 38.2 Å². The summed E-state index contributed by atoms with van der Waals surface area (Å²) in [5.41, 5.74) is 1.63. The second-order valence-electron chi connectivity index (χ2n) is 7.80.